The maximum atomic E-state index is 8.00. The van der Waals surface area contributed by atoms with Gasteiger partial charge in [-0.1, -0.05) is 0 Å². The normalized spacial score (nSPS) is 1.67. The smallest absolute Gasteiger partial charge is 0.106 e. The molecule has 0 fully saturated rings. The van der Waals surface area contributed by atoms with Crippen molar-refractivity contribution in [2.24, 2.45) is 0 Å². The average molecular weight is 142 g/mol. The summed E-state index contributed by atoms with van der Waals surface area (Å²) in [5.41, 5.74) is 0. The zero-order valence-corrected chi connectivity index (χ0v) is 4.68. The van der Waals surface area contributed by atoms with E-state index >= 15 is 0 Å². The molecule has 0 bridgehead atoms. The van der Waals surface area contributed by atoms with Crippen molar-refractivity contribution in [1.29, 1.82) is 0 Å². The summed E-state index contributed by atoms with van der Waals surface area (Å²) in [5, 5.41) is 7.00. The molecular weight excluding hydrogens is 136 g/mol. The van der Waals surface area contributed by atoms with Gasteiger partial charge in [0.1, 0.15) is 6.79 Å². The molecule has 42 valence electrons. The number of carbonyl (C=O) groups excluding carboxylic acids is 1. The van der Waals surface area contributed by atoms with Crippen molar-refractivity contribution in [2.75, 3.05) is 7.11 Å². The van der Waals surface area contributed by atoms with Gasteiger partial charge < -0.3 is 9.90 Å². The molecule has 0 rings (SSSR count). The van der Waals surface area contributed by atoms with Crippen LogP contribution >= 0.6 is 0 Å². The molecule has 4 heteroatoms. The minimum atomic E-state index is 0. The van der Waals surface area contributed by atoms with E-state index in [-0.39, 0.29) is 75.5 Å². The maximum absolute atomic E-state index is 8.00. The molecular formula is C2H6Ar2O2. The number of carbonyl (C=O) groups is 1. The molecule has 0 spiro atoms. The monoisotopic (exact) mass is 142 g/mol. The average Bonchev–Trinajstić information content (AvgIpc) is 1.50. The van der Waals surface area contributed by atoms with Crippen molar-refractivity contribution in [2.45, 2.75) is 0 Å². The third kappa shape index (κ3) is 35.3. The molecule has 0 atom stereocenters. The molecule has 0 aliphatic carbocycles. The molecule has 0 aromatic heterocycles. The molecule has 0 radical (unpaired) electrons. The van der Waals surface area contributed by atoms with Gasteiger partial charge in [-0.15, -0.1) is 0 Å². The summed E-state index contributed by atoms with van der Waals surface area (Å²) in [7, 11) is 1.00. The first-order chi connectivity index (χ1) is 2.00. The Kier molecular flexibility index (Phi) is 236. The van der Waals surface area contributed by atoms with Crippen LogP contribution in [0.2, 0.25) is 0 Å². The summed E-state index contributed by atoms with van der Waals surface area (Å²) in [4.78, 5) is 8.00. The predicted octanol–water partition coefficient (Wildman–Crippen LogP) is -0.576. The van der Waals surface area contributed by atoms with E-state index in [9.17, 15) is 0 Å². The van der Waals surface area contributed by atoms with Crippen LogP contribution in [0.15, 0.2) is 0 Å². The Morgan fingerprint density at radius 2 is 1.17 bits per heavy atom. The van der Waals surface area contributed by atoms with Gasteiger partial charge in [-0.25, -0.2) is 0 Å². The predicted molar refractivity (Wildman–Crippen MR) is 15.3 cm³/mol. The Morgan fingerprint density at radius 3 is 1.17 bits per heavy atom. The molecule has 0 aliphatic heterocycles. The fourth-order valence-electron chi connectivity index (χ4n) is 0. The van der Waals surface area contributed by atoms with E-state index in [1.54, 1.807) is 0 Å². The molecule has 2 nitrogen and oxygen atoms in total. The summed E-state index contributed by atoms with van der Waals surface area (Å²) < 4.78 is 0. The first kappa shape index (κ1) is 24.2. The Hall–Kier alpha value is 2.15. The molecule has 1 N–H and O–H groups in total. The van der Waals surface area contributed by atoms with Crippen molar-refractivity contribution in [3.05, 3.63) is 0 Å². The fraction of sp³-hybridized carbons (Fsp3) is 0.500. The minimum absolute atomic E-state index is 0. The Morgan fingerprint density at radius 1 is 1.17 bits per heavy atom. The van der Waals surface area contributed by atoms with Crippen LogP contribution in [0.25, 0.3) is 0 Å². The van der Waals surface area contributed by atoms with Crippen LogP contribution in [0.5, 0.6) is 0 Å². The zero-order valence-electron chi connectivity index (χ0n) is 3.27. The van der Waals surface area contributed by atoms with E-state index in [0.717, 1.165) is 7.11 Å². The standard InChI is InChI=1S/CH4O.CH2O.2Ar/c2*1-2;;/h2H,1H3;1H2;;. The van der Waals surface area contributed by atoms with Crippen LogP contribution in [-0.4, -0.2) is 19.0 Å². The van der Waals surface area contributed by atoms with Gasteiger partial charge in [0.2, 0.25) is 0 Å². The molecule has 0 heterocycles. The van der Waals surface area contributed by atoms with E-state index in [4.69, 9.17) is 9.90 Å². The Bertz CT molecular complexity index is 9.51. The van der Waals surface area contributed by atoms with E-state index in [1.807, 2.05) is 6.79 Å². The van der Waals surface area contributed by atoms with Crippen LogP contribution in [-0.2, 0) is 4.79 Å². The molecule has 0 saturated heterocycles. The van der Waals surface area contributed by atoms with Crippen molar-refractivity contribution >= 4 is 6.79 Å². The van der Waals surface area contributed by atoms with Gasteiger partial charge in [0.15, 0.2) is 0 Å². The minimum Gasteiger partial charge on any atom is -0.400 e. The topological polar surface area (TPSA) is 37.3 Å². The summed E-state index contributed by atoms with van der Waals surface area (Å²) in [6.07, 6.45) is 0. The van der Waals surface area contributed by atoms with Crippen LogP contribution in [0.3, 0.4) is 0 Å². The van der Waals surface area contributed by atoms with Crippen LogP contribution in [0, 0.1) is 75.5 Å². The van der Waals surface area contributed by atoms with Crippen molar-refractivity contribution < 1.29 is 85.4 Å². The van der Waals surface area contributed by atoms with E-state index in [2.05, 4.69) is 0 Å². The number of rotatable bonds is 0. The summed E-state index contributed by atoms with van der Waals surface area (Å²) in [6.45, 7) is 2.00. The third-order valence-corrected chi connectivity index (χ3v) is 0. The molecule has 0 aliphatic rings. The first-order valence-corrected chi connectivity index (χ1v) is 0.736. The summed E-state index contributed by atoms with van der Waals surface area (Å²) in [5.74, 6) is 0. The summed E-state index contributed by atoms with van der Waals surface area (Å²) in [6, 6.07) is 0. The van der Waals surface area contributed by atoms with E-state index in [0.29, 0.717) is 0 Å². The SMILES string of the molecule is C=O.CO.[Ar].[Ar]. The largest absolute Gasteiger partial charge is 0.400 e. The Labute approximate surface area is 97.3 Å². The number of aliphatic hydroxyl groups is 1. The third-order valence-electron chi connectivity index (χ3n) is 0. The van der Waals surface area contributed by atoms with E-state index < -0.39 is 0 Å². The second-order valence-corrected chi connectivity index (χ2v) is 0. The molecule has 6 heavy (non-hydrogen) atoms. The van der Waals surface area contributed by atoms with Crippen molar-refractivity contribution in [3.63, 3.8) is 0 Å². The fourth-order valence-corrected chi connectivity index (χ4v) is 0. The van der Waals surface area contributed by atoms with Crippen LogP contribution < -0.4 is 0 Å². The van der Waals surface area contributed by atoms with Gasteiger partial charge in [0, 0.05) is 82.6 Å². The van der Waals surface area contributed by atoms with Crippen molar-refractivity contribution in [3.8, 4) is 0 Å². The number of hydrogen-bond donors (Lipinski definition) is 1. The second kappa shape index (κ2) is 58.5. The molecule has 0 aromatic carbocycles. The second-order valence-electron chi connectivity index (χ2n) is 0. The molecule has 0 unspecified atom stereocenters. The van der Waals surface area contributed by atoms with Gasteiger partial charge in [-0.3, -0.25) is 0 Å². The van der Waals surface area contributed by atoms with Gasteiger partial charge in [0.25, 0.3) is 0 Å². The van der Waals surface area contributed by atoms with Gasteiger partial charge >= 0.3 is 0 Å². The number of hydrogen-bond acceptors (Lipinski definition) is 2. The Balaban J connectivity index is -0.00000000500. The summed E-state index contributed by atoms with van der Waals surface area (Å²) >= 11 is 0. The van der Waals surface area contributed by atoms with Gasteiger partial charge in [-0.05, 0) is 0 Å². The van der Waals surface area contributed by atoms with Crippen LogP contribution in [0.1, 0.15) is 0 Å². The first-order valence-electron chi connectivity index (χ1n) is 0.736. The van der Waals surface area contributed by atoms with Gasteiger partial charge in [0.05, 0.1) is 0 Å². The number of aliphatic hydroxyl groups excluding tert-OH is 1. The van der Waals surface area contributed by atoms with Gasteiger partial charge in [-0.2, -0.15) is 0 Å². The van der Waals surface area contributed by atoms with E-state index in [1.165, 1.54) is 0 Å². The van der Waals surface area contributed by atoms with Crippen molar-refractivity contribution in [1.82, 2.24) is 0 Å². The maximum Gasteiger partial charge on any atom is 0.106 e. The molecule has 0 aromatic rings. The zero-order chi connectivity index (χ0) is 4.00. The molecule has 0 saturated carbocycles. The molecule has 0 amide bonds. The quantitative estimate of drug-likeness (QED) is 0.491. The van der Waals surface area contributed by atoms with Crippen LogP contribution in [0.4, 0.5) is 0 Å².